The summed E-state index contributed by atoms with van der Waals surface area (Å²) in [5.41, 5.74) is 1.67. The molecule has 0 saturated carbocycles. The van der Waals surface area contributed by atoms with E-state index < -0.39 is 10.0 Å². The molecule has 1 heterocycles. The number of amides is 1. The van der Waals surface area contributed by atoms with Gasteiger partial charge in [-0.1, -0.05) is 23.8 Å². The second kappa shape index (κ2) is 7.34. The van der Waals surface area contributed by atoms with Gasteiger partial charge >= 0.3 is 0 Å². The third-order valence-corrected chi connectivity index (χ3v) is 4.82. The molecular formula is C16H19N3O3S. The van der Waals surface area contributed by atoms with Crippen LogP contribution in [0.3, 0.4) is 0 Å². The van der Waals surface area contributed by atoms with E-state index in [-0.39, 0.29) is 23.8 Å². The fraction of sp³-hybridized carbons (Fsp3) is 0.250. The van der Waals surface area contributed by atoms with E-state index in [2.05, 4.69) is 15.0 Å². The molecule has 1 aromatic carbocycles. The largest absolute Gasteiger partial charge is 0.311 e. The summed E-state index contributed by atoms with van der Waals surface area (Å²) in [4.78, 5) is 16.0. The van der Waals surface area contributed by atoms with Gasteiger partial charge in [-0.05, 0) is 37.6 Å². The van der Waals surface area contributed by atoms with E-state index >= 15 is 0 Å². The lowest BCUT2D eigenvalue weighted by Crippen LogP contribution is -2.28. The predicted octanol–water partition coefficient (Wildman–Crippen LogP) is 2.01. The van der Waals surface area contributed by atoms with E-state index in [9.17, 15) is 13.2 Å². The van der Waals surface area contributed by atoms with E-state index in [0.717, 1.165) is 5.56 Å². The Balaban J connectivity index is 1.91. The second-order valence-electron chi connectivity index (χ2n) is 5.18. The fourth-order valence-electron chi connectivity index (χ4n) is 2.12. The lowest BCUT2D eigenvalue weighted by Gasteiger charge is -2.10. The third kappa shape index (κ3) is 4.87. The average molecular weight is 333 g/mol. The molecule has 0 spiro atoms. The molecule has 0 aliphatic carbocycles. The molecule has 0 aliphatic heterocycles. The predicted molar refractivity (Wildman–Crippen MR) is 88.6 cm³/mol. The summed E-state index contributed by atoms with van der Waals surface area (Å²) in [7, 11) is -3.62. The lowest BCUT2D eigenvalue weighted by molar-refractivity contribution is -0.116. The zero-order valence-corrected chi connectivity index (χ0v) is 13.9. The molecule has 23 heavy (non-hydrogen) atoms. The minimum atomic E-state index is -3.62. The number of sulfonamides is 1. The molecule has 0 atom stereocenters. The zero-order chi connectivity index (χ0) is 16.9. The second-order valence-corrected chi connectivity index (χ2v) is 6.92. The molecular weight excluding hydrogens is 314 g/mol. The number of nitrogens with one attached hydrogen (secondary N) is 2. The first-order valence-corrected chi connectivity index (χ1v) is 8.64. The van der Waals surface area contributed by atoms with Crippen LogP contribution in [0.4, 0.5) is 5.82 Å². The van der Waals surface area contributed by atoms with E-state index in [1.807, 2.05) is 13.0 Å². The number of anilines is 1. The van der Waals surface area contributed by atoms with Gasteiger partial charge < -0.3 is 5.32 Å². The zero-order valence-electron chi connectivity index (χ0n) is 13.0. The Morgan fingerprint density at radius 2 is 1.96 bits per heavy atom. The maximum Gasteiger partial charge on any atom is 0.240 e. The van der Waals surface area contributed by atoms with Crippen molar-refractivity contribution < 1.29 is 13.2 Å². The number of aryl methyl sites for hydroxylation is 2. The molecule has 1 aromatic heterocycles. The van der Waals surface area contributed by atoms with Gasteiger partial charge in [-0.3, -0.25) is 4.79 Å². The minimum Gasteiger partial charge on any atom is -0.311 e. The van der Waals surface area contributed by atoms with Crippen molar-refractivity contribution in [2.24, 2.45) is 0 Å². The Morgan fingerprint density at radius 3 is 2.61 bits per heavy atom. The van der Waals surface area contributed by atoms with Gasteiger partial charge in [0.2, 0.25) is 15.9 Å². The van der Waals surface area contributed by atoms with Crippen molar-refractivity contribution in [2.45, 2.75) is 25.2 Å². The molecule has 0 unspecified atom stereocenters. The number of rotatable bonds is 6. The van der Waals surface area contributed by atoms with E-state index in [1.54, 1.807) is 43.5 Å². The summed E-state index contributed by atoms with van der Waals surface area (Å²) in [6.07, 6.45) is 1.60. The number of carbonyl (C=O) groups is 1. The summed E-state index contributed by atoms with van der Waals surface area (Å²) in [5, 5.41) is 2.60. The maximum atomic E-state index is 12.2. The van der Waals surface area contributed by atoms with Crippen molar-refractivity contribution in [3.8, 4) is 0 Å². The van der Waals surface area contributed by atoms with Gasteiger partial charge in [0.05, 0.1) is 4.90 Å². The normalized spacial score (nSPS) is 11.2. The number of carbonyl (C=O) groups excluding carboxylic acids is 1. The average Bonchev–Trinajstić information content (AvgIpc) is 2.47. The standard InChI is InChI=1S/C16H19N3O3S/c1-12-6-7-14(13(2)11-12)23(21,22)18-10-8-16(20)19-15-5-3-4-9-17-15/h3-7,9,11,18H,8,10H2,1-2H3,(H,17,19,20). The highest BCUT2D eigenvalue weighted by atomic mass is 32.2. The molecule has 7 heteroatoms. The summed E-state index contributed by atoms with van der Waals surface area (Å²) in [5.74, 6) is 0.141. The van der Waals surface area contributed by atoms with Gasteiger partial charge in [0.25, 0.3) is 0 Å². The topological polar surface area (TPSA) is 88.2 Å². The SMILES string of the molecule is Cc1ccc(S(=O)(=O)NCCC(=O)Nc2ccccn2)c(C)c1. The minimum absolute atomic E-state index is 0.0221. The van der Waals surface area contributed by atoms with Gasteiger partial charge in [-0.2, -0.15) is 0 Å². The van der Waals surface area contributed by atoms with E-state index in [4.69, 9.17) is 0 Å². The van der Waals surface area contributed by atoms with Gasteiger partial charge in [-0.15, -0.1) is 0 Å². The summed E-state index contributed by atoms with van der Waals surface area (Å²) in [6.45, 7) is 3.67. The molecule has 2 aromatic rings. The highest BCUT2D eigenvalue weighted by Gasteiger charge is 2.16. The van der Waals surface area contributed by atoms with Crippen molar-refractivity contribution in [1.82, 2.24) is 9.71 Å². The Hall–Kier alpha value is -2.25. The molecule has 2 rings (SSSR count). The van der Waals surface area contributed by atoms with Crippen LogP contribution < -0.4 is 10.0 Å². The van der Waals surface area contributed by atoms with Crippen molar-refractivity contribution in [3.63, 3.8) is 0 Å². The van der Waals surface area contributed by atoms with Crippen LogP contribution in [0.25, 0.3) is 0 Å². The number of hydrogen-bond acceptors (Lipinski definition) is 4. The van der Waals surface area contributed by atoms with Crippen molar-refractivity contribution in [1.29, 1.82) is 0 Å². The molecule has 0 aliphatic rings. The van der Waals surface area contributed by atoms with Crippen LogP contribution in [0.1, 0.15) is 17.5 Å². The van der Waals surface area contributed by atoms with Crippen molar-refractivity contribution >= 4 is 21.7 Å². The number of nitrogens with zero attached hydrogens (tertiary/aromatic N) is 1. The summed E-state index contributed by atoms with van der Waals surface area (Å²) < 4.78 is 26.9. The summed E-state index contributed by atoms with van der Waals surface area (Å²) in [6, 6.07) is 10.3. The molecule has 0 saturated heterocycles. The Morgan fingerprint density at radius 1 is 1.17 bits per heavy atom. The van der Waals surface area contributed by atoms with Gasteiger partial charge in [0.15, 0.2) is 0 Å². The van der Waals surface area contributed by atoms with Crippen LogP contribution in [0.2, 0.25) is 0 Å². The molecule has 122 valence electrons. The quantitative estimate of drug-likeness (QED) is 0.846. The van der Waals surface area contributed by atoms with Crippen molar-refractivity contribution in [2.75, 3.05) is 11.9 Å². The maximum absolute atomic E-state index is 12.2. The van der Waals surface area contributed by atoms with Gasteiger partial charge in [0.1, 0.15) is 5.82 Å². The molecule has 0 fully saturated rings. The van der Waals surface area contributed by atoms with Crippen LogP contribution >= 0.6 is 0 Å². The lowest BCUT2D eigenvalue weighted by atomic mass is 10.2. The monoisotopic (exact) mass is 333 g/mol. The molecule has 0 radical (unpaired) electrons. The smallest absolute Gasteiger partial charge is 0.240 e. The first-order chi connectivity index (χ1) is 10.9. The first-order valence-electron chi connectivity index (χ1n) is 7.16. The van der Waals surface area contributed by atoms with Gasteiger partial charge in [0, 0.05) is 19.2 Å². The molecule has 2 N–H and O–H groups in total. The number of aromatic nitrogens is 1. The van der Waals surface area contributed by atoms with Crippen LogP contribution in [0, 0.1) is 13.8 Å². The van der Waals surface area contributed by atoms with E-state index in [0.29, 0.717) is 11.4 Å². The highest BCUT2D eigenvalue weighted by Crippen LogP contribution is 2.16. The van der Waals surface area contributed by atoms with Crippen LogP contribution in [-0.4, -0.2) is 25.9 Å². The third-order valence-electron chi connectivity index (χ3n) is 3.20. The van der Waals surface area contributed by atoms with Crippen LogP contribution in [0.15, 0.2) is 47.5 Å². The van der Waals surface area contributed by atoms with Crippen LogP contribution in [-0.2, 0) is 14.8 Å². The highest BCUT2D eigenvalue weighted by molar-refractivity contribution is 7.89. The first kappa shape index (κ1) is 17.1. The number of benzene rings is 1. The Kier molecular flexibility index (Phi) is 5.46. The molecule has 6 nitrogen and oxygen atoms in total. The molecule has 0 bridgehead atoms. The Bertz CT molecular complexity index is 789. The fourth-order valence-corrected chi connectivity index (χ4v) is 3.38. The molecule has 1 amide bonds. The van der Waals surface area contributed by atoms with Crippen molar-refractivity contribution in [3.05, 3.63) is 53.7 Å². The van der Waals surface area contributed by atoms with Crippen LogP contribution in [0.5, 0.6) is 0 Å². The summed E-state index contributed by atoms with van der Waals surface area (Å²) >= 11 is 0. The number of pyridine rings is 1. The van der Waals surface area contributed by atoms with Gasteiger partial charge in [-0.25, -0.2) is 18.1 Å². The Labute approximate surface area is 136 Å². The van der Waals surface area contributed by atoms with E-state index in [1.165, 1.54) is 0 Å². The number of hydrogen-bond donors (Lipinski definition) is 2.